The molecule has 0 atom stereocenters. The summed E-state index contributed by atoms with van der Waals surface area (Å²) in [7, 11) is 3.01. The summed E-state index contributed by atoms with van der Waals surface area (Å²) in [6.07, 6.45) is 0. The van der Waals surface area contributed by atoms with E-state index in [0.717, 1.165) is 5.56 Å². The Morgan fingerprint density at radius 3 is 2.26 bits per heavy atom. The van der Waals surface area contributed by atoms with Gasteiger partial charge in [-0.25, -0.2) is 4.79 Å². The molecule has 3 aromatic rings. The van der Waals surface area contributed by atoms with Gasteiger partial charge in [0.05, 0.1) is 44.3 Å². The maximum Gasteiger partial charge on any atom is 0.397 e. The first-order chi connectivity index (χ1) is 16.5. The standard InChI is InChI=1S/C26H26N2O6/c1-4-34-26(31)25(30)28(17-18-10-6-5-7-11-18)22-13-9-8-12-20(22)24(29)27-21-16-19(32-2)14-15-23(21)33-3/h5-16H,4,17H2,1-3H3,(H,27,29). The largest absolute Gasteiger partial charge is 0.497 e. The van der Waals surface area contributed by atoms with Gasteiger partial charge in [0.2, 0.25) is 0 Å². The van der Waals surface area contributed by atoms with Crippen molar-refractivity contribution < 1.29 is 28.6 Å². The summed E-state index contributed by atoms with van der Waals surface area (Å²) >= 11 is 0. The third-order valence-electron chi connectivity index (χ3n) is 4.97. The molecule has 0 aromatic heterocycles. The molecule has 0 aliphatic rings. The molecule has 2 amide bonds. The summed E-state index contributed by atoms with van der Waals surface area (Å²) in [6.45, 7) is 1.75. The van der Waals surface area contributed by atoms with Gasteiger partial charge in [0.25, 0.3) is 5.91 Å². The van der Waals surface area contributed by atoms with Gasteiger partial charge in [0.1, 0.15) is 11.5 Å². The Hall–Kier alpha value is -4.33. The van der Waals surface area contributed by atoms with Crippen LogP contribution < -0.4 is 19.7 Å². The van der Waals surface area contributed by atoms with Crippen molar-refractivity contribution in [2.24, 2.45) is 0 Å². The zero-order chi connectivity index (χ0) is 24.5. The van der Waals surface area contributed by atoms with Gasteiger partial charge >= 0.3 is 11.9 Å². The average Bonchev–Trinajstić information content (AvgIpc) is 2.87. The molecular weight excluding hydrogens is 436 g/mol. The molecule has 34 heavy (non-hydrogen) atoms. The van der Waals surface area contributed by atoms with E-state index in [9.17, 15) is 14.4 Å². The summed E-state index contributed by atoms with van der Waals surface area (Å²) in [4.78, 5) is 39.9. The van der Waals surface area contributed by atoms with Crippen molar-refractivity contribution in [3.8, 4) is 11.5 Å². The van der Waals surface area contributed by atoms with E-state index in [1.54, 1.807) is 49.4 Å². The second kappa shape index (κ2) is 11.5. The first-order valence-electron chi connectivity index (χ1n) is 10.6. The Bertz CT molecular complexity index is 1160. The van der Waals surface area contributed by atoms with Gasteiger partial charge in [-0.1, -0.05) is 42.5 Å². The van der Waals surface area contributed by atoms with Crippen molar-refractivity contribution in [2.45, 2.75) is 13.5 Å². The molecule has 0 bridgehead atoms. The monoisotopic (exact) mass is 462 g/mol. The lowest BCUT2D eigenvalue weighted by Gasteiger charge is -2.24. The van der Waals surface area contributed by atoms with E-state index in [2.05, 4.69) is 5.32 Å². The van der Waals surface area contributed by atoms with Crippen LogP contribution >= 0.6 is 0 Å². The van der Waals surface area contributed by atoms with Crippen LogP contribution in [0.15, 0.2) is 72.8 Å². The van der Waals surface area contributed by atoms with Gasteiger partial charge in [0, 0.05) is 6.07 Å². The molecular formula is C26H26N2O6. The predicted molar refractivity (Wildman–Crippen MR) is 128 cm³/mol. The molecule has 0 fully saturated rings. The molecule has 176 valence electrons. The molecule has 8 nitrogen and oxygen atoms in total. The number of ether oxygens (including phenoxy) is 3. The molecule has 3 aromatic carbocycles. The molecule has 0 heterocycles. The zero-order valence-corrected chi connectivity index (χ0v) is 19.2. The highest BCUT2D eigenvalue weighted by Gasteiger charge is 2.28. The minimum atomic E-state index is -0.997. The smallest absolute Gasteiger partial charge is 0.397 e. The SMILES string of the molecule is CCOC(=O)C(=O)N(Cc1ccccc1)c1ccccc1C(=O)Nc1cc(OC)ccc1OC. The van der Waals surface area contributed by atoms with E-state index < -0.39 is 17.8 Å². The van der Waals surface area contributed by atoms with Crippen LogP contribution in [0.4, 0.5) is 11.4 Å². The van der Waals surface area contributed by atoms with Crippen LogP contribution in [0, 0.1) is 0 Å². The molecule has 0 aliphatic heterocycles. The number of amides is 2. The Balaban J connectivity index is 2.00. The Morgan fingerprint density at radius 2 is 1.59 bits per heavy atom. The quantitative estimate of drug-likeness (QED) is 0.401. The number of hydrogen-bond donors (Lipinski definition) is 1. The number of carbonyl (C=O) groups is 3. The third kappa shape index (κ3) is 5.72. The topological polar surface area (TPSA) is 94.2 Å². The lowest BCUT2D eigenvalue weighted by molar-refractivity contribution is -0.153. The average molecular weight is 463 g/mol. The predicted octanol–water partition coefficient (Wildman–Crippen LogP) is 4.05. The highest BCUT2D eigenvalue weighted by Crippen LogP contribution is 2.31. The lowest BCUT2D eigenvalue weighted by Crippen LogP contribution is -2.38. The van der Waals surface area contributed by atoms with Gasteiger partial charge < -0.3 is 19.5 Å². The van der Waals surface area contributed by atoms with Gasteiger partial charge in [-0.2, -0.15) is 0 Å². The molecule has 1 N–H and O–H groups in total. The van der Waals surface area contributed by atoms with Crippen LogP contribution in [0.2, 0.25) is 0 Å². The van der Waals surface area contributed by atoms with E-state index in [0.29, 0.717) is 17.2 Å². The van der Waals surface area contributed by atoms with Crippen molar-refractivity contribution in [1.82, 2.24) is 0 Å². The Kier molecular flexibility index (Phi) is 8.23. The van der Waals surface area contributed by atoms with E-state index in [4.69, 9.17) is 14.2 Å². The van der Waals surface area contributed by atoms with Crippen molar-refractivity contribution in [2.75, 3.05) is 31.0 Å². The van der Waals surface area contributed by atoms with E-state index in [1.165, 1.54) is 19.1 Å². The number of carbonyl (C=O) groups excluding carboxylic acids is 3. The van der Waals surface area contributed by atoms with E-state index >= 15 is 0 Å². The van der Waals surface area contributed by atoms with Crippen molar-refractivity contribution in [3.63, 3.8) is 0 Å². The fourth-order valence-corrected chi connectivity index (χ4v) is 3.34. The summed E-state index contributed by atoms with van der Waals surface area (Å²) in [5, 5.41) is 2.81. The maximum absolute atomic E-state index is 13.3. The van der Waals surface area contributed by atoms with Crippen LogP contribution in [-0.4, -0.2) is 38.6 Å². The highest BCUT2D eigenvalue weighted by atomic mass is 16.5. The molecule has 0 aliphatic carbocycles. The van der Waals surface area contributed by atoms with Gasteiger partial charge in [-0.3, -0.25) is 14.5 Å². The minimum absolute atomic E-state index is 0.0571. The molecule has 3 rings (SSSR count). The third-order valence-corrected chi connectivity index (χ3v) is 4.97. The molecule has 8 heteroatoms. The van der Waals surface area contributed by atoms with Crippen molar-refractivity contribution in [1.29, 1.82) is 0 Å². The number of hydrogen-bond acceptors (Lipinski definition) is 6. The maximum atomic E-state index is 13.3. The molecule has 0 spiro atoms. The molecule has 0 unspecified atom stereocenters. The fourth-order valence-electron chi connectivity index (χ4n) is 3.34. The van der Waals surface area contributed by atoms with Crippen molar-refractivity contribution >= 4 is 29.2 Å². The van der Waals surface area contributed by atoms with Crippen LogP contribution in [0.3, 0.4) is 0 Å². The van der Waals surface area contributed by atoms with Crippen LogP contribution in [0.5, 0.6) is 11.5 Å². The van der Waals surface area contributed by atoms with Gasteiger partial charge in [-0.05, 0) is 36.8 Å². The lowest BCUT2D eigenvalue weighted by atomic mass is 10.1. The fraction of sp³-hybridized carbons (Fsp3) is 0.192. The number of benzene rings is 3. The Labute approximate surface area is 198 Å². The van der Waals surface area contributed by atoms with Crippen molar-refractivity contribution in [3.05, 3.63) is 83.9 Å². The van der Waals surface area contributed by atoms with Gasteiger partial charge in [-0.15, -0.1) is 0 Å². The van der Waals surface area contributed by atoms with E-state index in [-0.39, 0.29) is 24.4 Å². The number of para-hydroxylation sites is 1. The first kappa shape index (κ1) is 24.3. The number of methoxy groups -OCH3 is 2. The second-order valence-corrected chi connectivity index (χ2v) is 7.13. The number of esters is 1. The highest BCUT2D eigenvalue weighted by molar-refractivity contribution is 6.38. The number of nitrogens with zero attached hydrogens (tertiary/aromatic N) is 1. The minimum Gasteiger partial charge on any atom is -0.497 e. The first-order valence-corrected chi connectivity index (χ1v) is 10.6. The number of rotatable bonds is 8. The second-order valence-electron chi connectivity index (χ2n) is 7.13. The summed E-state index contributed by atoms with van der Waals surface area (Å²) in [5.41, 5.74) is 1.64. The molecule has 0 saturated carbocycles. The van der Waals surface area contributed by atoms with Crippen LogP contribution in [0.25, 0.3) is 0 Å². The molecule has 0 radical (unpaired) electrons. The van der Waals surface area contributed by atoms with Crippen LogP contribution in [-0.2, 0) is 20.9 Å². The van der Waals surface area contributed by atoms with E-state index in [1.807, 2.05) is 30.3 Å². The van der Waals surface area contributed by atoms with Crippen LogP contribution in [0.1, 0.15) is 22.8 Å². The summed E-state index contributed by atoms with van der Waals surface area (Å²) < 4.78 is 15.5. The van der Waals surface area contributed by atoms with Gasteiger partial charge in [0.15, 0.2) is 0 Å². The summed E-state index contributed by atoms with van der Waals surface area (Å²) in [5.74, 6) is -1.38. The number of nitrogens with one attached hydrogen (secondary N) is 1. The molecule has 0 saturated heterocycles. The summed E-state index contributed by atoms with van der Waals surface area (Å²) in [6, 6.07) is 20.7. The number of anilines is 2. The Morgan fingerprint density at radius 1 is 0.882 bits per heavy atom. The zero-order valence-electron chi connectivity index (χ0n) is 19.2. The normalized spacial score (nSPS) is 10.2.